The van der Waals surface area contributed by atoms with Crippen LogP contribution in [0.15, 0.2) is 71.0 Å². The number of hydrogen-bond donors (Lipinski definition) is 1. The van der Waals surface area contributed by atoms with Crippen molar-refractivity contribution in [1.82, 2.24) is 4.98 Å². The van der Waals surface area contributed by atoms with E-state index in [0.29, 0.717) is 16.8 Å². The van der Waals surface area contributed by atoms with Gasteiger partial charge in [-0.15, -0.1) is 0 Å². The SMILES string of the molecule is Cc1cc(/C(O)=C2\C(=O)C(=O)N(c3cccc(C)c3C)C2c2ccncc2)ccc1Br. The summed E-state index contributed by atoms with van der Waals surface area (Å²) in [4.78, 5) is 32.0. The van der Waals surface area contributed by atoms with E-state index < -0.39 is 17.7 Å². The Hall–Kier alpha value is -3.25. The molecule has 5 nitrogen and oxygen atoms in total. The summed E-state index contributed by atoms with van der Waals surface area (Å²) >= 11 is 3.45. The van der Waals surface area contributed by atoms with E-state index in [0.717, 1.165) is 21.2 Å². The molecule has 31 heavy (non-hydrogen) atoms. The average molecular weight is 477 g/mol. The number of carbonyl (C=O) groups is 2. The fourth-order valence-electron chi connectivity index (χ4n) is 3.89. The number of amides is 1. The van der Waals surface area contributed by atoms with Crippen molar-refractivity contribution in [1.29, 1.82) is 0 Å². The first-order valence-electron chi connectivity index (χ1n) is 9.85. The van der Waals surface area contributed by atoms with E-state index in [1.54, 1.807) is 36.7 Å². The molecule has 1 atom stereocenters. The number of aryl methyl sites for hydroxylation is 2. The molecule has 1 aromatic heterocycles. The summed E-state index contributed by atoms with van der Waals surface area (Å²) in [6.45, 7) is 5.78. The highest BCUT2D eigenvalue weighted by Crippen LogP contribution is 2.43. The second kappa shape index (κ2) is 8.12. The maximum absolute atomic E-state index is 13.2. The summed E-state index contributed by atoms with van der Waals surface area (Å²) in [5, 5.41) is 11.2. The number of nitrogens with zero attached hydrogens (tertiary/aromatic N) is 2. The van der Waals surface area contributed by atoms with Crippen molar-refractivity contribution in [3.05, 3.63) is 98.8 Å². The Balaban J connectivity index is 1.98. The van der Waals surface area contributed by atoms with Gasteiger partial charge in [0.2, 0.25) is 0 Å². The van der Waals surface area contributed by atoms with Crippen LogP contribution < -0.4 is 4.90 Å². The molecule has 1 saturated heterocycles. The number of hydrogen-bond acceptors (Lipinski definition) is 4. The molecule has 6 heteroatoms. The first kappa shape index (κ1) is 21.0. The van der Waals surface area contributed by atoms with Gasteiger partial charge in [-0.05, 0) is 73.4 Å². The van der Waals surface area contributed by atoms with E-state index >= 15 is 0 Å². The van der Waals surface area contributed by atoms with E-state index in [-0.39, 0.29) is 11.3 Å². The van der Waals surface area contributed by atoms with Crippen LogP contribution in [0.3, 0.4) is 0 Å². The van der Waals surface area contributed by atoms with Crippen LogP contribution in [-0.4, -0.2) is 21.8 Å². The number of Topliss-reactive ketones (excluding diaryl/α,β-unsaturated/α-hetero) is 1. The third kappa shape index (κ3) is 3.57. The molecule has 1 fully saturated rings. The number of aliphatic hydroxyl groups is 1. The minimum atomic E-state index is -0.757. The molecule has 1 aliphatic rings. The summed E-state index contributed by atoms with van der Waals surface area (Å²) in [5.41, 5.74) is 4.73. The molecule has 1 unspecified atom stereocenters. The lowest BCUT2D eigenvalue weighted by molar-refractivity contribution is -0.132. The Bertz CT molecular complexity index is 1230. The highest BCUT2D eigenvalue weighted by Gasteiger charge is 2.47. The Morgan fingerprint density at radius 2 is 1.71 bits per heavy atom. The number of ketones is 1. The summed E-state index contributed by atoms with van der Waals surface area (Å²) < 4.78 is 0.894. The standard InChI is InChI=1S/C25H21BrN2O3/c1-14-5-4-6-20(16(14)3)28-22(17-9-11-27-12-10-17)21(24(30)25(28)31)23(29)18-7-8-19(26)15(2)13-18/h4-13,22,29H,1-3H3/b23-21+. The maximum Gasteiger partial charge on any atom is 0.300 e. The van der Waals surface area contributed by atoms with E-state index in [2.05, 4.69) is 20.9 Å². The van der Waals surface area contributed by atoms with Crippen LogP contribution in [0.2, 0.25) is 0 Å². The van der Waals surface area contributed by atoms with Gasteiger partial charge < -0.3 is 5.11 Å². The van der Waals surface area contributed by atoms with E-state index in [4.69, 9.17) is 0 Å². The fourth-order valence-corrected chi connectivity index (χ4v) is 4.13. The monoisotopic (exact) mass is 476 g/mol. The number of anilines is 1. The summed E-state index contributed by atoms with van der Waals surface area (Å²) in [5.74, 6) is -1.56. The third-order valence-electron chi connectivity index (χ3n) is 5.73. The van der Waals surface area contributed by atoms with Crippen LogP contribution >= 0.6 is 15.9 Å². The zero-order valence-electron chi connectivity index (χ0n) is 17.4. The van der Waals surface area contributed by atoms with Gasteiger partial charge in [0, 0.05) is 28.1 Å². The topological polar surface area (TPSA) is 70.5 Å². The molecule has 3 aromatic rings. The highest BCUT2D eigenvalue weighted by molar-refractivity contribution is 9.10. The summed E-state index contributed by atoms with van der Waals surface area (Å²) in [6, 6.07) is 13.7. The van der Waals surface area contributed by atoms with Crippen LogP contribution in [0.25, 0.3) is 5.76 Å². The van der Waals surface area contributed by atoms with Crippen LogP contribution in [-0.2, 0) is 9.59 Å². The number of carbonyl (C=O) groups excluding carboxylic acids is 2. The lowest BCUT2D eigenvalue weighted by atomic mass is 9.95. The molecule has 1 amide bonds. The van der Waals surface area contributed by atoms with Crippen molar-refractivity contribution < 1.29 is 14.7 Å². The molecule has 0 aliphatic carbocycles. The predicted octanol–water partition coefficient (Wildman–Crippen LogP) is 5.40. The van der Waals surface area contributed by atoms with Crippen LogP contribution in [0.1, 0.15) is 33.9 Å². The van der Waals surface area contributed by atoms with Crippen molar-refractivity contribution in [3.8, 4) is 0 Å². The lowest BCUT2D eigenvalue weighted by Crippen LogP contribution is -2.30. The lowest BCUT2D eigenvalue weighted by Gasteiger charge is -2.27. The second-order valence-corrected chi connectivity index (χ2v) is 8.49. The molecule has 156 valence electrons. The van der Waals surface area contributed by atoms with E-state index in [1.807, 2.05) is 45.0 Å². The molecule has 2 heterocycles. The van der Waals surface area contributed by atoms with Gasteiger partial charge in [0.1, 0.15) is 5.76 Å². The quantitative estimate of drug-likeness (QED) is 0.312. The van der Waals surface area contributed by atoms with Gasteiger partial charge in [-0.3, -0.25) is 19.5 Å². The van der Waals surface area contributed by atoms with Gasteiger partial charge in [-0.1, -0.05) is 34.1 Å². The van der Waals surface area contributed by atoms with Gasteiger partial charge >= 0.3 is 0 Å². The zero-order chi connectivity index (χ0) is 22.3. The van der Waals surface area contributed by atoms with Gasteiger partial charge in [0.25, 0.3) is 11.7 Å². The number of halogens is 1. The van der Waals surface area contributed by atoms with Crippen molar-refractivity contribution in [2.45, 2.75) is 26.8 Å². The number of pyridine rings is 1. The second-order valence-electron chi connectivity index (χ2n) is 7.63. The van der Waals surface area contributed by atoms with Crippen LogP contribution in [0, 0.1) is 20.8 Å². The minimum absolute atomic E-state index is 0.0684. The smallest absolute Gasteiger partial charge is 0.300 e. The molecule has 1 aliphatic heterocycles. The third-order valence-corrected chi connectivity index (χ3v) is 6.62. The molecule has 0 saturated carbocycles. The first-order chi connectivity index (χ1) is 14.8. The molecule has 0 radical (unpaired) electrons. The van der Waals surface area contributed by atoms with Crippen LogP contribution in [0.4, 0.5) is 5.69 Å². The van der Waals surface area contributed by atoms with Gasteiger partial charge in [-0.2, -0.15) is 0 Å². The molecule has 0 spiro atoms. The Morgan fingerprint density at radius 1 is 1.00 bits per heavy atom. The van der Waals surface area contributed by atoms with E-state index in [9.17, 15) is 14.7 Å². The normalized spacial score (nSPS) is 17.9. The van der Waals surface area contributed by atoms with Crippen molar-refractivity contribution in [2.75, 3.05) is 4.90 Å². The van der Waals surface area contributed by atoms with Gasteiger partial charge in [0.15, 0.2) is 0 Å². The maximum atomic E-state index is 13.2. The molecule has 4 rings (SSSR count). The zero-order valence-corrected chi connectivity index (χ0v) is 19.0. The van der Waals surface area contributed by atoms with Crippen molar-refractivity contribution >= 4 is 39.1 Å². The predicted molar refractivity (Wildman–Crippen MR) is 124 cm³/mol. The van der Waals surface area contributed by atoms with Gasteiger partial charge in [0.05, 0.1) is 11.6 Å². The molecule has 2 aromatic carbocycles. The summed E-state index contributed by atoms with van der Waals surface area (Å²) in [7, 11) is 0. The number of aromatic nitrogens is 1. The molecule has 1 N–H and O–H groups in total. The van der Waals surface area contributed by atoms with Crippen LogP contribution in [0.5, 0.6) is 0 Å². The average Bonchev–Trinajstić information content (AvgIpc) is 3.03. The largest absolute Gasteiger partial charge is 0.507 e. The van der Waals surface area contributed by atoms with Crippen molar-refractivity contribution in [2.24, 2.45) is 0 Å². The molecular formula is C25H21BrN2O3. The van der Waals surface area contributed by atoms with Crippen molar-refractivity contribution in [3.63, 3.8) is 0 Å². The van der Waals surface area contributed by atoms with Gasteiger partial charge in [-0.25, -0.2) is 0 Å². The summed E-state index contributed by atoms with van der Waals surface area (Å²) in [6.07, 6.45) is 3.23. The number of rotatable bonds is 3. The Kier molecular flexibility index (Phi) is 5.50. The molecule has 0 bridgehead atoms. The Labute approximate surface area is 189 Å². The number of benzene rings is 2. The fraction of sp³-hybridized carbons (Fsp3) is 0.160. The molecular weight excluding hydrogens is 456 g/mol. The Morgan fingerprint density at radius 3 is 2.39 bits per heavy atom. The number of aliphatic hydroxyl groups excluding tert-OH is 1. The highest BCUT2D eigenvalue weighted by atomic mass is 79.9. The van der Waals surface area contributed by atoms with E-state index in [1.165, 1.54) is 4.90 Å². The minimum Gasteiger partial charge on any atom is -0.507 e. The first-order valence-corrected chi connectivity index (χ1v) is 10.6.